The van der Waals surface area contributed by atoms with E-state index in [1.54, 1.807) is 0 Å². The molecule has 0 radical (unpaired) electrons. The van der Waals surface area contributed by atoms with Crippen LogP contribution < -0.4 is 10.6 Å². The number of aliphatic hydroxyl groups is 3. The highest BCUT2D eigenvalue weighted by atomic mass is 16.3. The lowest BCUT2D eigenvalue weighted by molar-refractivity contribution is -0.125. The summed E-state index contributed by atoms with van der Waals surface area (Å²) < 4.78 is 0. The summed E-state index contributed by atoms with van der Waals surface area (Å²) in [4.78, 5) is 11.5. The molecule has 0 aliphatic heterocycles. The first kappa shape index (κ1) is 15.3. The largest absolute Gasteiger partial charge is 0.394 e. The summed E-state index contributed by atoms with van der Waals surface area (Å²) in [6, 6.07) is 0.0128. The van der Waals surface area contributed by atoms with Crippen LogP contribution in [0.3, 0.4) is 0 Å². The molecule has 0 bridgehead atoms. The van der Waals surface area contributed by atoms with E-state index in [-0.39, 0.29) is 18.4 Å². The number of carbonyl (C=O) groups is 1. The molecule has 0 fully saturated rings. The normalized spacial score (nSPS) is 13.6. The van der Waals surface area contributed by atoms with Crippen LogP contribution in [0.5, 0.6) is 0 Å². The highest BCUT2D eigenvalue weighted by Crippen LogP contribution is 2.03. The average Bonchev–Trinajstić information content (AvgIpc) is 2.26. The third kappa shape index (κ3) is 4.89. The van der Waals surface area contributed by atoms with Crippen LogP contribution >= 0.6 is 0 Å². The topological polar surface area (TPSA) is 102 Å². The maximum absolute atomic E-state index is 11.5. The second-order valence-corrected chi connectivity index (χ2v) is 3.97. The monoisotopic (exact) mass is 234 g/mol. The maximum Gasteiger partial charge on any atom is 0.222 e. The van der Waals surface area contributed by atoms with Gasteiger partial charge in [0.2, 0.25) is 5.91 Å². The Labute approximate surface area is 95.7 Å². The number of carbonyl (C=O) groups excluding carboxylic acids is 1. The molecule has 0 aliphatic rings. The Balaban J connectivity index is 4.20. The molecule has 0 saturated heterocycles. The zero-order valence-electron chi connectivity index (χ0n) is 9.86. The highest BCUT2D eigenvalue weighted by molar-refractivity contribution is 5.77. The minimum absolute atomic E-state index is 0.0128. The molecule has 6 heteroatoms. The quantitative estimate of drug-likeness (QED) is 0.341. The van der Waals surface area contributed by atoms with Gasteiger partial charge in [-0.15, -0.1) is 0 Å². The second-order valence-electron chi connectivity index (χ2n) is 3.97. The van der Waals surface area contributed by atoms with Gasteiger partial charge in [0.1, 0.15) is 5.54 Å². The molecule has 1 atom stereocenters. The molecule has 1 amide bonds. The minimum atomic E-state index is -1.33. The Bertz CT molecular complexity index is 199. The van der Waals surface area contributed by atoms with Crippen molar-refractivity contribution in [3.8, 4) is 0 Å². The SMILES string of the molecule is CCNC(C)CC(=O)NC(CO)(CO)CO. The van der Waals surface area contributed by atoms with Gasteiger partial charge in [-0.1, -0.05) is 6.92 Å². The van der Waals surface area contributed by atoms with Gasteiger partial charge in [-0.25, -0.2) is 0 Å². The van der Waals surface area contributed by atoms with Crippen molar-refractivity contribution in [3.63, 3.8) is 0 Å². The van der Waals surface area contributed by atoms with Gasteiger partial charge in [-0.3, -0.25) is 4.79 Å². The summed E-state index contributed by atoms with van der Waals surface area (Å²) in [5.74, 6) is -0.314. The van der Waals surface area contributed by atoms with Crippen LogP contribution in [0.25, 0.3) is 0 Å². The van der Waals surface area contributed by atoms with Gasteiger partial charge in [0.25, 0.3) is 0 Å². The zero-order valence-corrected chi connectivity index (χ0v) is 9.86. The van der Waals surface area contributed by atoms with Crippen molar-refractivity contribution in [1.29, 1.82) is 0 Å². The number of aliphatic hydroxyl groups excluding tert-OH is 3. The molecule has 96 valence electrons. The van der Waals surface area contributed by atoms with Gasteiger partial charge in [-0.05, 0) is 13.5 Å². The van der Waals surface area contributed by atoms with Crippen molar-refractivity contribution in [2.75, 3.05) is 26.4 Å². The second kappa shape index (κ2) is 7.56. The maximum atomic E-state index is 11.5. The van der Waals surface area contributed by atoms with Gasteiger partial charge in [0.15, 0.2) is 0 Å². The Morgan fingerprint density at radius 1 is 1.25 bits per heavy atom. The van der Waals surface area contributed by atoms with Gasteiger partial charge in [-0.2, -0.15) is 0 Å². The Hall–Kier alpha value is -0.690. The van der Waals surface area contributed by atoms with Crippen molar-refractivity contribution in [2.24, 2.45) is 0 Å². The third-order valence-electron chi connectivity index (χ3n) is 2.36. The average molecular weight is 234 g/mol. The molecule has 0 aromatic carbocycles. The molecule has 0 aromatic rings. The van der Waals surface area contributed by atoms with Crippen molar-refractivity contribution in [1.82, 2.24) is 10.6 Å². The summed E-state index contributed by atoms with van der Waals surface area (Å²) >= 11 is 0. The van der Waals surface area contributed by atoms with Crippen LogP contribution in [0.2, 0.25) is 0 Å². The molecular formula is C10H22N2O4. The molecule has 0 rings (SSSR count). The fourth-order valence-electron chi connectivity index (χ4n) is 1.31. The molecule has 0 aromatic heterocycles. The lowest BCUT2D eigenvalue weighted by atomic mass is 10.0. The van der Waals surface area contributed by atoms with Gasteiger partial charge in [0.05, 0.1) is 19.8 Å². The van der Waals surface area contributed by atoms with Crippen LogP contribution in [-0.2, 0) is 4.79 Å². The highest BCUT2D eigenvalue weighted by Gasteiger charge is 2.30. The molecule has 16 heavy (non-hydrogen) atoms. The van der Waals surface area contributed by atoms with Crippen molar-refractivity contribution in [2.45, 2.75) is 31.8 Å². The number of hydrogen-bond donors (Lipinski definition) is 5. The number of rotatable bonds is 8. The first-order valence-electron chi connectivity index (χ1n) is 5.40. The molecular weight excluding hydrogens is 212 g/mol. The van der Waals surface area contributed by atoms with E-state index >= 15 is 0 Å². The minimum Gasteiger partial charge on any atom is -0.394 e. The predicted octanol–water partition coefficient (Wildman–Crippen LogP) is -1.79. The Morgan fingerprint density at radius 3 is 2.12 bits per heavy atom. The molecule has 5 N–H and O–H groups in total. The molecule has 6 nitrogen and oxygen atoms in total. The number of hydrogen-bond acceptors (Lipinski definition) is 5. The fraction of sp³-hybridized carbons (Fsp3) is 0.900. The van der Waals surface area contributed by atoms with Crippen LogP contribution in [0.15, 0.2) is 0 Å². The van der Waals surface area contributed by atoms with E-state index in [9.17, 15) is 4.79 Å². The van der Waals surface area contributed by atoms with E-state index in [1.807, 2.05) is 13.8 Å². The molecule has 0 spiro atoms. The van der Waals surface area contributed by atoms with Crippen LogP contribution in [0, 0.1) is 0 Å². The van der Waals surface area contributed by atoms with Crippen molar-refractivity contribution >= 4 is 5.91 Å². The van der Waals surface area contributed by atoms with E-state index in [4.69, 9.17) is 15.3 Å². The Kier molecular flexibility index (Phi) is 7.24. The van der Waals surface area contributed by atoms with Crippen LogP contribution in [0.4, 0.5) is 0 Å². The molecule has 0 saturated carbocycles. The standard InChI is InChI=1S/C10H22N2O4/c1-3-11-8(2)4-9(16)12-10(5-13,6-14)7-15/h8,11,13-15H,3-7H2,1-2H3,(H,12,16). The van der Waals surface area contributed by atoms with Gasteiger partial charge >= 0.3 is 0 Å². The summed E-state index contributed by atoms with van der Waals surface area (Å²) in [5, 5.41) is 32.5. The number of nitrogens with one attached hydrogen (secondary N) is 2. The van der Waals surface area contributed by atoms with E-state index in [0.29, 0.717) is 0 Å². The van der Waals surface area contributed by atoms with E-state index in [0.717, 1.165) is 6.54 Å². The van der Waals surface area contributed by atoms with Crippen molar-refractivity contribution in [3.05, 3.63) is 0 Å². The smallest absolute Gasteiger partial charge is 0.222 e. The lowest BCUT2D eigenvalue weighted by Crippen LogP contribution is -2.57. The van der Waals surface area contributed by atoms with E-state index in [2.05, 4.69) is 10.6 Å². The Morgan fingerprint density at radius 2 is 1.75 bits per heavy atom. The third-order valence-corrected chi connectivity index (χ3v) is 2.36. The van der Waals surface area contributed by atoms with Gasteiger partial charge < -0.3 is 26.0 Å². The summed E-state index contributed by atoms with van der Waals surface area (Å²) in [6.45, 7) is 3.07. The molecule has 1 unspecified atom stereocenters. The first-order valence-corrected chi connectivity index (χ1v) is 5.40. The van der Waals surface area contributed by atoms with Crippen LogP contribution in [0.1, 0.15) is 20.3 Å². The van der Waals surface area contributed by atoms with Gasteiger partial charge in [0, 0.05) is 12.5 Å². The number of amides is 1. The van der Waals surface area contributed by atoms with Crippen molar-refractivity contribution < 1.29 is 20.1 Å². The van der Waals surface area contributed by atoms with Crippen LogP contribution in [-0.4, -0.2) is 59.2 Å². The van der Waals surface area contributed by atoms with E-state index in [1.165, 1.54) is 0 Å². The summed E-state index contributed by atoms with van der Waals surface area (Å²) in [7, 11) is 0. The summed E-state index contributed by atoms with van der Waals surface area (Å²) in [6.07, 6.45) is 0.232. The fourth-order valence-corrected chi connectivity index (χ4v) is 1.31. The summed E-state index contributed by atoms with van der Waals surface area (Å²) in [5.41, 5.74) is -1.33. The molecule has 0 aliphatic carbocycles. The van der Waals surface area contributed by atoms with E-state index < -0.39 is 25.4 Å². The first-order chi connectivity index (χ1) is 7.53. The predicted molar refractivity (Wildman–Crippen MR) is 59.9 cm³/mol. The molecule has 0 heterocycles. The zero-order chi connectivity index (χ0) is 12.6. The lowest BCUT2D eigenvalue weighted by Gasteiger charge is -2.29.